The van der Waals surface area contributed by atoms with Crippen LogP contribution in [-0.2, 0) is 22.4 Å². The summed E-state index contributed by atoms with van der Waals surface area (Å²) in [6.45, 7) is 4.22. The Kier molecular flexibility index (Phi) is 6.18. The summed E-state index contributed by atoms with van der Waals surface area (Å²) in [5, 5.41) is 0. The van der Waals surface area contributed by atoms with Crippen LogP contribution in [0.1, 0.15) is 54.0 Å². The molecule has 0 aliphatic heterocycles. The lowest BCUT2D eigenvalue weighted by Crippen LogP contribution is -2.05. The Morgan fingerprint density at radius 2 is 1.88 bits per heavy atom. The van der Waals surface area contributed by atoms with Crippen molar-refractivity contribution >= 4 is 17.4 Å². The molecule has 1 heterocycles. The monoisotopic (exact) mass is 328 g/mol. The molecule has 24 heavy (non-hydrogen) atoms. The number of benzene rings is 1. The van der Waals surface area contributed by atoms with Crippen LogP contribution in [0.4, 0.5) is 5.69 Å². The van der Waals surface area contributed by atoms with E-state index in [2.05, 4.69) is 4.98 Å². The van der Waals surface area contributed by atoms with Gasteiger partial charge in [-0.3, -0.25) is 9.59 Å². The molecule has 1 aromatic heterocycles. The van der Waals surface area contributed by atoms with Crippen LogP contribution >= 0.6 is 0 Å². The molecule has 2 rings (SSSR count). The number of aromatic nitrogens is 1. The smallest absolute Gasteiger partial charge is 0.305 e. The maximum atomic E-state index is 12.7. The summed E-state index contributed by atoms with van der Waals surface area (Å²) in [4.78, 5) is 27.3. The van der Waals surface area contributed by atoms with Crippen LogP contribution in [0, 0.1) is 0 Å². The summed E-state index contributed by atoms with van der Waals surface area (Å²) < 4.78 is 4.92. The molecule has 0 unspecified atom stereocenters. The minimum absolute atomic E-state index is 0.0384. The number of rotatable bonds is 8. The third-order valence-corrected chi connectivity index (χ3v) is 3.87. The number of anilines is 1. The van der Waals surface area contributed by atoms with Gasteiger partial charge in [0.05, 0.1) is 12.3 Å². The largest absolute Gasteiger partial charge is 0.466 e. The molecule has 0 bridgehead atoms. The molecular formula is C19H24N2O3. The van der Waals surface area contributed by atoms with Gasteiger partial charge < -0.3 is 15.5 Å². The molecule has 0 saturated heterocycles. The standard InChI is InChI=1S/C19H24N2O3/c1-3-13-12-16(6-5-7-17(22)24-4-2)21-18(13)19(23)14-8-10-15(20)11-9-14/h8-12,21H,3-7,20H2,1-2H3. The Morgan fingerprint density at radius 1 is 1.17 bits per heavy atom. The van der Waals surface area contributed by atoms with Crippen molar-refractivity contribution < 1.29 is 14.3 Å². The van der Waals surface area contributed by atoms with Gasteiger partial charge in [0.1, 0.15) is 0 Å². The Morgan fingerprint density at radius 3 is 2.50 bits per heavy atom. The summed E-state index contributed by atoms with van der Waals surface area (Å²) in [6.07, 6.45) is 2.55. The predicted molar refractivity (Wildman–Crippen MR) is 94.0 cm³/mol. The first-order valence-electron chi connectivity index (χ1n) is 8.31. The van der Waals surface area contributed by atoms with Gasteiger partial charge in [-0.2, -0.15) is 0 Å². The van der Waals surface area contributed by atoms with Gasteiger partial charge in [0, 0.05) is 23.4 Å². The molecule has 5 heteroatoms. The van der Waals surface area contributed by atoms with Gasteiger partial charge in [-0.1, -0.05) is 6.92 Å². The Bertz CT molecular complexity index is 702. The van der Waals surface area contributed by atoms with E-state index in [0.29, 0.717) is 42.8 Å². The number of nitrogens with two attached hydrogens (primary N) is 1. The molecule has 5 nitrogen and oxygen atoms in total. The molecule has 1 aromatic carbocycles. The average Bonchev–Trinajstić information content (AvgIpc) is 2.98. The van der Waals surface area contributed by atoms with Crippen molar-refractivity contribution in [2.24, 2.45) is 0 Å². The number of nitrogens with one attached hydrogen (secondary N) is 1. The van der Waals surface area contributed by atoms with Gasteiger partial charge in [0.15, 0.2) is 0 Å². The van der Waals surface area contributed by atoms with Gasteiger partial charge in [0.2, 0.25) is 5.78 Å². The van der Waals surface area contributed by atoms with E-state index >= 15 is 0 Å². The summed E-state index contributed by atoms with van der Waals surface area (Å²) in [7, 11) is 0. The third kappa shape index (κ3) is 4.47. The fraction of sp³-hybridized carbons (Fsp3) is 0.368. The lowest BCUT2D eigenvalue weighted by Gasteiger charge is -2.03. The molecular weight excluding hydrogens is 304 g/mol. The van der Waals surface area contributed by atoms with Crippen LogP contribution in [0.2, 0.25) is 0 Å². The van der Waals surface area contributed by atoms with Gasteiger partial charge in [-0.05, 0) is 62.1 Å². The minimum atomic E-state index is -0.182. The zero-order valence-electron chi connectivity index (χ0n) is 14.2. The maximum Gasteiger partial charge on any atom is 0.305 e. The van der Waals surface area contributed by atoms with Crippen LogP contribution in [0.25, 0.3) is 0 Å². The zero-order chi connectivity index (χ0) is 17.5. The molecule has 0 amide bonds. The van der Waals surface area contributed by atoms with E-state index in [4.69, 9.17) is 10.5 Å². The van der Waals surface area contributed by atoms with Crippen molar-refractivity contribution in [1.82, 2.24) is 4.98 Å². The highest BCUT2D eigenvalue weighted by atomic mass is 16.5. The third-order valence-electron chi connectivity index (χ3n) is 3.87. The van der Waals surface area contributed by atoms with Crippen LogP contribution in [0.5, 0.6) is 0 Å². The summed E-state index contributed by atoms with van der Waals surface area (Å²) in [5.74, 6) is -0.221. The van der Waals surface area contributed by atoms with E-state index in [1.54, 1.807) is 31.2 Å². The number of aromatic amines is 1. The second kappa shape index (κ2) is 8.34. The van der Waals surface area contributed by atoms with Crippen molar-refractivity contribution in [1.29, 1.82) is 0 Å². The highest BCUT2D eigenvalue weighted by Crippen LogP contribution is 2.19. The lowest BCUT2D eigenvalue weighted by atomic mass is 10.0. The maximum absolute atomic E-state index is 12.7. The van der Waals surface area contributed by atoms with Gasteiger partial charge in [-0.15, -0.1) is 0 Å². The topological polar surface area (TPSA) is 85.2 Å². The number of ether oxygens (including phenoxy) is 1. The zero-order valence-corrected chi connectivity index (χ0v) is 14.2. The highest BCUT2D eigenvalue weighted by molar-refractivity contribution is 6.08. The number of hydrogen-bond donors (Lipinski definition) is 2. The second-order valence-corrected chi connectivity index (χ2v) is 5.66. The van der Waals surface area contributed by atoms with Crippen molar-refractivity contribution in [2.75, 3.05) is 12.3 Å². The highest BCUT2D eigenvalue weighted by Gasteiger charge is 2.16. The Labute approximate surface area is 142 Å². The first kappa shape index (κ1) is 17.8. The number of ketones is 1. The number of carbonyl (C=O) groups is 2. The number of hydrogen-bond acceptors (Lipinski definition) is 4. The second-order valence-electron chi connectivity index (χ2n) is 5.66. The van der Waals surface area contributed by atoms with Crippen LogP contribution in [0.3, 0.4) is 0 Å². The number of H-pyrrole nitrogens is 1. The summed E-state index contributed by atoms with van der Waals surface area (Å²) in [5.41, 5.74) is 9.49. The SMILES string of the molecule is CCOC(=O)CCCc1cc(CC)c(C(=O)c2ccc(N)cc2)[nH]1. The Balaban J connectivity index is 2.08. The molecule has 0 radical (unpaired) electrons. The van der Waals surface area contributed by atoms with Crippen molar-refractivity contribution in [3.63, 3.8) is 0 Å². The van der Waals surface area contributed by atoms with E-state index in [0.717, 1.165) is 17.7 Å². The predicted octanol–water partition coefficient (Wildman–Crippen LogP) is 3.28. The fourth-order valence-electron chi connectivity index (χ4n) is 2.61. The quantitative estimate of drug-likeness (QED) is 0.442. The van der Waals surface area contributed by atoms with Crippen molar-refractivity contribution in [3.8, 4) is 0 Å². The summed E-state index contributed by atoms with van der Waals surface area (Å²) >= 11 is 0. The minimum Gasteiger partial charge on any atom is -0.466 e. The van der Waals surface area contributed by atoms with Gasteiger partial charge >= 0.3 is 5.97 Å². The number of nitrogen functional groups attached to an aromatic ring is 1. The first-order valence-corrected chi connectivity index (χ1v) is 8.31. The van der Waals surface area contributed by atoms with E-state index in [9.17, 15) is 9.59 Å². The lowest BCUT2D eigenvalue weighted by molar-refractivity contribution is -0.143. The molecule has 128 valence electrons. The van der Waals surface area contributed by atoms with E-state index in [1.165, 1.54) is 0 Å². The van der Waals surface area contributed by atoms with Crippen molar-refractivity contribution in [2.45, 2.75) is 39.5 Å². The van der Waals surface area contributed by atoms with Gasteiger partial charge in [0.25, 0.3) is 0 Å². The average molecular weight is 328 g/mol. The normalized spacial score (nSPS) is 10.6. The molecule has 2 aromatic rings. The first-order chi connectivity index (χ1) is 11.5. The van der Waals surface area contributed by atoms with E-state index in [1.807, 2.05) is 13.0 Å². The number of esters is 1. The van der Waals surface area contributed by atoms with Crippen LogP contribution in [-0.4, -0.2) is 23.3 Å². The Hall–Kier alpha value is -2.56. The van der Waals surface area contributed by atoms with Gasteiger partial charge in [-0.25, -0.2) is 0 Å². The van der Waals surface area contributed by atoms with Crippen LogP contribution in [0.15, 0.2) is 30.3 Å². The molecule has 0 spiro atoms. The molecule has 0 saturated carbocycles. The number of aryl methyl sites for hydroxylation is 2. The van der Waals surface area contributed by atoms with E-state index in [-0.39, 0.29) is 11.8 Å². The molecule has 0 fully saturated rings. The van der Waals surface area contributed by atoms with Crippen LogP contribution < -0.4 is 5.73 Å². The molecule has 0 aliphatic rings. The number of carbonyl (C=O) groups excluding carboxylic acids is 2. The molecule has 0 aliphatic carbocycles. The van der Waals surface area contributed by atoms with E-state index < -0.39 is 0 Å². The fourth-order valence-corrected chi connectivity index (χ4v) is 2.61. The van der Waals surface area contributed by atoms with Crippen molar-refractivity contribution in [3.05, 3.63) is 52.8 Å². The molecule has 3 N–H and O–H groups in total. The summed E-state index contributed by atoms with van der Waals surface area (Å²) in [6, 6.07) is 8.93. The molecule has 0 atom stereocenters.